The zero-order valence-corrected chi connectivity index (χ0v) is 14.1. The summed E-state index contributed by atoms with van der Waals surface area (Å²) < 4.78 is 3.80. The van der Waals surface area contributed by atoms with Gasteiger partial charge in [-0.3, -0.25) is 0 Å². The van der Waals surface area contributed by atoms with Gasteiger partial charge in [-0.1, -0.05) is 25.1 Å². The van der Waals surface area contributed by atoms with Crippen molar-refractivity contribution in [3.8, 4) is 5.69 Å². The summed E-state index contributed by atoms with van der Waals surface area (Å²) in [6.45, 7) is 4.14. The van der Waals surface area contributed by atoms with Crippen LogP contribution in [-0.2, 0) is 6.42 Å². The summed E-state index contributed by atoms with van der Waals surface area (Å²) in [5, 5.41) is 8.54. The second-order valence-electron chi connectivity index (χ2n) is 4.27. The van der Waals surface area contributed by atoms with Crippen LogP contribution in [0.1, 0.15) is 37.7 Å². The summed E-state index contributed by atoms with van der Waals surface area (Å²) in [6, 6.07) is 5.88. The summed E-state index contributed by atoms with van der Waals surface area (Å²) in [7, 11) is 0. The molecule has 2 aromatic rings. The van der Waals surface area contributed by atoms with Gasteiger partial charge in [0.15, 0.2) is 0 Å². The molecule has 0 saturated carbocycles. The van der Waals surface area contributed by atoms with Crippen LogP contribution in [0.2, 0.25) is 0 Å². The third-order valence-corrected chi connectivity index (χ3v) is 4.35. The minimum absolute atomic E-state index is 0.0648. The number of para-hydroxylation sites is 1. The van der Waals surface area contributed by atoms with Crippen molar-refractivity contribution in [2.75, 3.05) is 0 Å². The van der Waals surface area contributed by atoms with Crippen LogP contribution >= 0.6 is 31.9 Å². The lowest BCUT2D eigenvalue weighted by molar-refractivity contribution is 0.665. The van der Waals surface area contributed by atoms with Crippen LogP contribution in [0.3, 0.4) is 0 Å². The van der Waals surface area contributed by atoms with Gasteiger partial charge in [0.25, 0.3) is 0 Å². The fraction of sp³-hybridized carbons (Fsp3) is 0.385. The Morgan fingerprint density at radius 3 is 2.42 bits per heavy atom. The van der Waals surface area contributed by atoms with Gasteiger partial charge in [0.2, 0.25) is 0 Å². The Labute approximate surface area is 129 Å². The fourth-order valence-electron chi connectivity index (χ4n) is 2.00. The number of hydrogen-bond acceptors (Lipinski definition) is 3. The van der Waals surface area contributed by atoms with Crippen LogP contribution in [0.15, 0.2) is 27.1 Å². The summed E-state index contributed by atoms with van der Waals surface area (Å²) >= 11 is 7.12. The third-order valence-electron chi connectivity index (χ3n) is 3.07. The van der Waals surface area contributed by atoms with E-state index >= 15 is 0 Å². The average Bonchev–Trinajstić information content (AvgIpc) is 2.81. The molecular formula is C13H16Br2N4. The number of nitrogens with zero attached hydrogens (tertiary/aromatic N) is 3. The summed E-state index contributed by atoms with van der Waals surface area (Å²) in [6.07, 6.45) is 1.69. The van der Waals surface area contributed by atoms with Crippen molar-refractivity contribution < 1.29 is 0 Å². The van der Waals surface area contributed by atoms with E-state index in [9.17, 15) is 0 Å². The molecule has 0 aliphatic carbocycles. The van der Waals surface area contributed by atoms with Gasteiger partial charge in [0.1, 0.15) is 5.69 Å². The average molecular weight is 388 g/mol. The maximum absolute atomic E-state index is 6.10. The van der Waals surface area contributed by atoms with Crippen molar-refractivity contribution in [2.45, 2.75) is 32.7 Å². The number of benzene rings is 1. The van der Waals surface area contributed by atoms with E-state index in [4.69, 9.17) is 5.73 Å². The second kappa shape index (κ2) is 6.15. The molecule has 0 aliphatic rings. The number of hydrogen-bond donors (Lipinski definition) is 1. The Bertz CT molecular complexity index is 560. The molecule has 1 unspecified atom stereocenters. The number of nitrogens with two attached hydrogens (primary N) is 1. The van der Waals surface area contributed by atoms with E-state index in [1.807, 2.05) is 22.9 Å². The first kappa shape index (κ1) is 14.7. The lowest BCUT2D eigenvalue weighted by Gasteiger charge is -2.12. The van der Waals surface area contributed by atoms with Gasteiger partial charge in [-0.05, 0) is 56.8 Å². The molecule has 0 saturated heterocycles. The molecule has 1 heterocycles. The van der Waals surface area contributed by atoms with Crippen LogP contribution in [0.5, 0.6) is 0 Å². The Kier molecular flexibility index (Phi) is 4.76. The van der Waals surface area contributed by atoms with Crippen LogP contribution < -0.4 is 5.73 Å². The molecule has 0 spiro atoms. The van der Waals surface area contributed by atoms with Crippen LogP contribution in [0.25, 0.3) is 5.69 Å². The van der Waals surface area contributed by atoms with Gasteiger partial charge >= 0.3 is 0 Å². The van der Waals surface area contributed by atoms with Gasteiger partial charge in [-0.2, -0.15) is 0 Å². The van der Waals surface area contributed by atoms with Crippen LogP contribution in [0.4, 0.5) is 0 Å². The predicted octanol–water partition coefficient (Wildman–Crippen LogP) is 3.76. The highest BCUT2D eigenvalue weighted by Gasteiger charge is 2.19. The zero-order valence-electron chi connectivity index (χ0n) is 10.9. The van der Waals surface area contributed by atoms with E-state index in [1.165, 1.54) is 0 Å². The summed E-state index contributed by atoms with van der Waals surface area (Å²) in [5.41, 5.74) is 9.00. The minimum atomic E-state index is -0.0648. The van der Waals surface area contributed by atoms with Gasteiger partial charge < -0.3 is 5.73 Å². The van der Waals surface area contributed by atoms with E-state index in [2.05, 4.69) is 56.0 Å². The molecule has 4 nitrogen and oxygen atoms in total. The fourth-order valence-corrected chi connectivity index (χ4v) is 3.33. The largest absolute Gasteiger partial charge is 0.323 e. The highest BCUT2D eigenvalue weighted by molar-refractivity contribution is 9.11. The second-order valence-corrected chi connectivity index (χ2v) is 5.98. The quantitative estimate of drug-likeness (QED) is 0.868. The normalized spacial score (nSPS) is 12.7. The Morgan fingerprint density at radius 1 is 1.26 bits per heavy atom. The summed E-state index contributed by atoms with van der Waals surface area (Å²) in [4.78, 5) is 0. The first-order chi connectivity index (χ1) is 9.10. The monoisotopic (exact) mass is 386 g/mol. The van der Waals surface area contributed by atoms with Crippen molar-refractivity contribution in [1.82, 2.24) is 15.0 Å². The molecule has 6 heteroatoms. The number of rotatable bonds is 4. The molecule has 102 valence electrons. The van der Waals surface area contributed by atoms with Crippen LogP contribution in [0, 0.1) is 0 Å². The Morgan fingerprint density at radius 2 is 1.89 bits per heavy atom. The lowest BCUT2D eigenvalue weighted by Crippen LogP contribution is -2.12. The highest BCUT2D eigenvalue weighted by Crippen LogP contribution is 2.31. The molecule has 2 N–H and O–H groups in total. The maximum Gasteiger partial charge on any atom is 0.103 e. The summed E-state index contributed by atoms with van der Waals surface area (Å²) in [5.74, 6) is 0. The molecule has 1 atom stereocenters. The first-order valence-corrected chi connectivity index (χ1v) is 7.83. The number of halogens is 2. The highest BCUT2D eigenvalue weighted by atomic mass is 79.9. The van der Waals surface area contributed by atoms with E-state index in [-0.39, 0.29) is 6.04 Å². The van der Waals surface area contributed by atoms with E-state index in [0.29, 0.717) is 0 Å². The van der Waals surface area contributed by atoms with Gasteiger partial charge in [0, 0.05) is 8.95 Å². The van der Waals surface area contributed by atoms with E-state index < -0.39 is 0 Å². The lowest BCUT2D eigenvalue weighted by atomic mass is 10.1. The number of aromatic nitrogens is 3. The van der Waals surface area contributed by atoms with Crippen LogP contribution in [-0.4, -0.2) is 15.0 Å². The molecule has 0 bridgehead atoms. The van der Waals surface area contributed by atoms with Crippen molar-refractivity contribution in [3.05, 3.63) is 38.5 Å². The molecule has 0 aliphatic heterocycles. The van der Waals surface area contributed by atoms with Crippen molar-refractivity contribution in [2.24, 2.45) is 5.73 Å². The smallest absolute Gasteiger partial charge is 0.103 e. The van der Waals surface area contributed by atoms with Gasteiger partial charge in [-0.15, -0.1) is 5.10 Å². The van der Waals surface area contributed by atoms with Crippen molar-refractivity contribution in [1.29, 1.82) is 0 Å². The van der Waals surface area contributed by atoms with E-state index in [0.717, 1.165) is 38.9 Å². The molecule has 0 fully saturated rings. The molecule has 2 rings (SSSR count). The van der Waals surface area contributed by atoms with Gasteiger partial charge in [-0.25, -0.2) is 4.68 Å². The van der Waals surface area contributed by atoms with Gasteiger partial charge in [0.05, 0.1) is 17.4 Å². The Hall–Kier alpha value is -0.720. The van der Waals surface area contributed by atoms with E-state index in [1.54, 1.807) is 0 Å². The molecule has 1 aromatic carbocycles. The first-order valence-electron chi connectivity index (χ1n) is 6.24. The zero-order chi connectivity index (χ0) is 14.0. The molecule has 19 heavy (non-hydrogen) atoms. The molecule has 1 aromatic heterocycles. The molecular weight excluding hydrogens is 372 g/mol. The third kappa shape index (κ3) is 2.75. The predicted molar refractivity (Wildman–Crippen MR) is 83.4 cm³/mol. The molecule has 0 radical (unpaired) electrons. The minimum Gasteiger partial charge on any atom is -0.323 e. The Balaban J connectivity index is 2.60. The SMILES string of the molecule is CCc1c(C(N)CC)nnn1-c1c(Br)cccc1Br. The maximum atomic E-state index is 6.10. The standard InChI is InChI=1S/C13H16Br2N4/c1-3-10(16)12-11(4-2)19(18-17-12)13-8(14)6-5-7-9(13)15/h5-7,10H,3-4,16H2,1-2H3. The van der Waals surface area contributed by atoms with Crippen molar-refractivity contribution in [3.63, 3.8) is 0 Å². The van der Waals surface area contributed by atoms with Crippen molar-refractivity contribution >= 4 is 31.9 Å². The molecule has 0 amide bonds. The topological polar surface area (TPSA) is 56.7 Å².